The minimum Gasteiger partial charge on any atom is -0.395 e. The van der Waals surface area contributed by atoms with Gasteiger partial charge in [0.2, 0.25) is 5.91 Å². The Kier molecular flexibility index (Phi) is 3.61. The van der Waals surface area contributed by atoms with Crippen LogP contribution in [0.15, 0.2) is 41.4 Å². The molecule has 0 bridgehead atoms. The molecule has 2 aliphatic rings. The van der Waals surface area contributed by atoms with Crippen LogP contribution < -0.4 is 14.8 Å². The summed E-state index contributed by atoms with van der Waals surface area (Å²) >= 11 is 5.90. The van der Waals surface area contributed by atoms with Gasteiger partial charge in [0.1, 0.15) is 5.84 Å². The summed E-state index contributed by atoms with van der Waals surface area (Å²) < 4.78 is 34.9. The fraction of sp³-hybridized carbons (Fsp3) is 0.176. The molecule has 1 N–H and O–H groups in total. The Morgan fingerprint density at radius 3 is 2.76 bits per heavy atom. The van der Waals surface area contributed by atoms with Crippen LogP contribution in [0.5, 0.6) is 11.5 Å². The van der Waals surface area contributed by atoms with E-state index in [1.54, 1.807) is 24.3 Å². The predicted octanol–water partition coefficient (Wildman–Crippen LogP) is 3.61. The maximum absolute atomic E-state index is 13.1. The summed E-state index contributed by atoms with van der Waals surface area (Å²) in [4.78, 5) is 16.4. The number of ether oxygens (including phenoxy) is 2. The number of benzene rings is 2. The van der Waals surface area contributed by atoms with Crippen molar-refractivity contribution in [3.8, 4) is 11.5 Å². The zero-order chi connectivity index (χ0) is 17.6. The van der Waals surface area contributed by atoms with Gasteiger partial charge in [-0.1, -0.05) is 23.7 Å². The van der Waals surface area contributed by atoms with Crippen LogP contribution in [0.25, 0.3) is 0 Å². The van der Waals surface area contributed by atoms with E-state index in [1.165, 1.54) is 12.1 Å². The quantitative estimate of drug-likeness (QED) is 0.885. The van der Waals surface area contributed by atoms with Gasteiger partial charge in [-0.05, 0) is 29.3 Å². The summed E-state index contributed by atoms with van der Waals surface area (Å²) in [5.41, 5.74) is 1.93. The first-order chi connectivity index (χ1) is 11.9. The van der Waals surface area contributed by atoms with Crippen LogP contribution in [0.1, 0.15) is 11.1 Å². The highest BCUT2D eigenvalue weighted by molar-refractivity contribution is 6.30. The lowest BCUT2D eigenvalue weighted by Crippen LogP contribution is -2.31. The van der Waals surface area contributed by atoms with Gasteiger partial charge < -0.3 is 14.8 Å². The lowest BCUT2D eigenvalue weighted by Gasteiger charge is -2.05. The molecule has 2 aromatic rings. The van der Waals surface area contributed by atoms with E-state index >= 15 is 0 Å². The molecule has 0 radical (unpaired) electrons. The van der Waals surface area contributed by atoms with E-state index in [4.69, 9.17) is 11.6 Å². The summed E-state index contributed by atoms with van der Waals surface area (Å²) in [5, 5.41) is 3.28. The van der Waals surface area contributed by atoms with Crippen LogP contribution in [0, 0.1) is 0 Å². The normalized spacial score (nSPS) is 16.4. The van der Waals surface area contributed by atoms with Crippen LogP contribution in [0.4, 0.5) is 14.5 Å². The first kappa shape index (κ1) is 15.8. The molecule has 25 heavy (non-hydrogen) atoms. The SMILES string of the molecule is O=C(Cc1cccc(Cl)c1)NC1=Nc2cc3c(cc2C1)OC(F)(F)O3. The van der Waals surface area contributed by atoms with E-state index in [2.05, 4.69) is 19.8 Å². The Bertz CT molecular complexity index is 915. The van der Waals surface area contributed by atoms with Crippen LogP contribution in [0.2, 0.25) is 5.02 Å². The molecule has 0 atom stereocenters. The summed E-state index contributed by atoms with van der Waals surface area (Å²) in [6, 6.07) is 9.84. The lowest BCUT2D eigenvalue weighted by atomic mass is 10.1. The molecule has 0 aliphatic carbocycles. The van der Waals surface area contributed by atoms with Crippen molar-refractivity contribution in [2.75, 3.05) is 0 Å². The van der Waals surface area contributed by atoms with Crippen LogP contribution in [0.3, 0.4) is 0 Å². The van der Waals surface area contributed by atoms with Crippen molar-refractivity contribution >= 4 is 29.0 Å². The molecule has 2 heterocycles. The predicted molar refractivity (Wildman–Crippen MR) is 86.7 cm³/mol. The smallest absolute Gasteiger partial charge is 0.395 e. The number of hydrogen-bond donors (Lipinski definition) is 1. The molecule has 128 valence electrons. The molecule has 0 saturated carbocycles. The van der Waals surface area contributed by atoms with E-state index in [0.717, 1.165) is 5.56 Å². The molecule has 2 aliphatic heterocycles. The molecule has 0 spiro atoms. The largest absolute Gasteiger partial charge is 0.586 e. The third-order valence-corrected chi connectivity index (χ3v) is 3.99. The minimum atomic E-state index is -3.66. The summed E-state index contributed by atoms with van der Waals surface area (Å²) in [7, 11) is 0. The van der Waals surface area contributed by atoms with E-state index in [9.17, 15) is 13.6 Å². The van der Waals surface area contributed by atoms with Crippen LogP contribution in [-0.4, -0.2) is 18.0 Å². The molecule has 1 amide bonds. The van der Waals surface area contributed by atoms with Gasteiger partial charge in [0, 0.05) is 17.5 Å². The number of halogens is 3. The van der Waals surface area contributed by atoms with Gasteiger partial charge in [0.05, 0.1) is 12.1 Å². The van der Waals surface area contributed by atoms with E-state index < -0.39 is 6.29 Å². The minimum absolute atomic E-state index is 0.0366. The third-order valence-electron chi connectivity index (χ3n) is 3.75. The molecular formula is C17H11ClF2N2O3. The lowest BCUT2D eigenvalue weighted by molar-refractivity contribution is -0.286. The van der Waals surface area contributed by atoms with Crippen LogP contribution >= 0.6 is 11.6 Å². The number of carbonyl (C=O) groups excluding carboxylic acids is 1. The second-order valence-electron chi connectivity index (χ2n) is 5.69. The maximum Gasteiger partial charge on any atom is 0.586 e. The summed E-state index contributed by atoms with van der Waals surface area (Å²) in [5.74, 6) is 0.0994. The number of alkyl halides is 2. The number of aliphatic imine (C=N–C) groups is 1. The Morgan fingerprint density at radius 1 is 1.24 bits per heavy atom. The number of rotatable bonds is 2. The van der Waals surface area contributed by atoms with Gasteiger partial charge in [0.15, 0.2) is 11.5 Å². The molecule has 2 aromatic carbocycles. The summed E-state index contributed by atoms with van der Waals surface area (Å²) in [6.45, 7) is 0. The van der Waals surface area contributed by atoms with Gasteiger partial charge in [0.25, 0.3) is 0 Å². The molecule has 0 unspecified atom stereocenters. The standard InChI is InChI=1S/C17H11ClF2N2O3/c18-11-3-1-2-9(4-11)5-16(23)22-15-7-10-6-13-14(8-12(10)21-15)25-17(19,20)24-13/h1-4,6,8H,5,7H2,(H,21,22,23). The van der Waals surface area contributed by atoms with E-state index in [0.29, 0.717) is 28.5 Å². The topological polar surface area (TPSA) is 59.9 Å². The summed E-state index contributed by atoms with van der Waals surface area (Å²) in [6.07, 6.45) is -3.18. The number of nitrogens with one attached hydrogen (secondary N) is 1. The van der Waals surface area contributed by atoms with Crippen molar-refractivity contribution in [1.82, 2.24) is 5.32 Å². The Hall–Kier alpha value is -2.67. The molecule has 4 rings (SSSR count). The highest BCUT2D eigenvalue weighted by Gasteiger charge is 2.44. The van der Waals surface area contributed by atoms with Gasteiger partial charge in [-0.2, -0.15) is 0 Å². The van der Waals surface area contributed by atoms with E-state index in [1.807, 2.05) is 0 Å². The fourth-order valence-electron chi connectivity index (χ4n) is 2.75. The van der Waals surface area contributed by atoms with Crippen molar-refractivity contribution in [3.05, 3.63) is 52.5 Å². The second kappa shape index (κ2) is 5.70. The van der Waals surface area contributed by atoms with Crippen molar-refractivity contribution in [3.63, 3.8) is 0 Å². The Labute approximate surface area is 146 Å². The molecular weight excluding hydrogens is 354 g/mol. The number of hydrogen-bond acceptors (Lipinski definition) is 4. The maximum atomic E-state index is 13.1. The van der Waals surface area contributed by atoms with Crippen molar-refractivity contribution in [2.24, 2.45) is 4.99 Å². The highest BCUT2D eigenvalue weighted by atomic mass is 35.5. The van der Waals surface area contributed by atoms with E-state index in [-0.39, 0.29) is 23.8 Å². The number of carbonyl (C=O) groups is 1. The number of fused-ring (bicyclic) bond motifs is 2. The van der Waals surface area contributed by atoms with Crippen molar-refractivity contribution in [1.29, 1.82) is 0 Å². The second-order valence-corrected chi connectivity index (χ2v) is 6.12. The monoisotopic (exact) mass is 364 g/mol. The van der Waals surface area contributed by atoms with Crippen LogP contribution in [-0.2, 0) is 17.6 Å². The number of amides is 1. The zero-order valence-corrected chi connectivity index (χ0v) is 13.4. The van der Waals surface area contributed by atoms with Gasteiger partial charge in [-0.25, -0.2) is 4.99 Å². The number of nitrogens with zero attached hydrogens (tertiary/aromatic N) is 1. The van der Waals surface area contributed by atoms with Gasteiger partial charge in [-0.3, -0.25) is 4.79 Å². The molecule has 5 nitrogen and oxygen atoms in total. The molecule has 0 fully saturated rings. The number of amidine groups is 1. The van der Waals surface area contributed by atoms with Crippen molar-refractivity contribution in [2.45, 2.75) is 19.1 Å². The Morgan fingerprint density at radius 2 is 2.00 bits per heavy atom. The average Bonchev–Trinajstić information content (AvgIpc) is 3.00. The molecule has 8 heteroatoms. The first-order valence-electron chi connectivity index (χ1n) is 7.43. The third kappa shape index (κ3) is 3.28. The fourth-order valence-corrected chi connectivity index (χ4v) is 2.96. The van der Waals surface area contributed by atoms with Gasteiger partial charge >= 0.3 is 6.29 Å². The first-order valence-corrected chi connectivity index (χ1v) is 7.80. The average molecular weight is 365 g/mol. The molecule has 0 aromatic heterocycles. The molecule has 0 saturated heterocycles. The van der Waals surface area contributed by atoms with Gasteiger partial charge in [-0.15, -0.1) is 8.78 Å². The van der Waals surface area contributed by atoms with Crippen molar-refractivity contribution < 1.29 is 23.0 Å². The highest BCUT2D eigenvalue weighted by Crippen LogP contribution is 2.45. The zero-order valence-electron chi connectivity index (χ0n) is 12.7. The Balaban J connectivity index is 1.45.